The van der Waals surface area contributed by atoms with Gasteiger partial charge in [-0.1, -0.05) is 6.07 Å². The number of aromatic nitrogens is 3. The molecule has 1 unspecified atom stereocenters. The SMILES string of the molecule is Nc1nc2c(ccn2[C@@H]2O[C@H](COP3(=O)OCC[C@@H](c4ccc(F)c(Br)c4)O3)[C@@H](O)[C@H]2O)c(=O)[nH]1. The molecule has 35 heavy (non-hydrogen) atoms. The Morgan fingerprint density at radius 3 is 2.91 bits per heavy atom. The van der Waals surface area contributed by atoms with Crippen molar-refractivity contribution < 1.29 is 37.5 Å². The van der Waals surface area contributed by atoms with E-state index in [0.29, 0.717) is 12.0 Å². The summed E-state index contributed by atoms with van der Waals surface area (Å²) >= 11 is 3.11. The number of ether oxygens (including phenoxy) is 1. The third kappa shape index (κ3) is 4.68. The molecule has 2 aliphatic rings. The minimum Gasteiger partial charge on any atom is -0.387 e. The molecule has 6 atom stereocenters. The van der Waals surface area contributed by atoms with E-state index in [1.54, 1.807) is 0 Å². The van der Waals surface area contributed by atoms with E-state index in [-0.39, 0.29) is 28.1 Å². The van der Waals surface area contributed by atoms with E-state index >= 15 is 0 Å². The number of fused-ring (bicyclic) bond motifs is 1. The number of halogens is 2. The average Bonchev–Trinajstić information content (AvgIpc) is 3.35. The van der Waals surface area contributed by atoms with E-state index in [2.05, 4.69) is 25.9 Å². The number of nitrogen functional groups attached to an aromatic ring is 1. The van der Waals surface area contributed by atoms with Crippen molar-refractivity contribution in [2.45, 2.75) is 37.1 Å². The lowest BCUT2D eigenvalue weighted by molar-refractivity contribution is -0.0576. The topological polar surface area (TPSA) is 171 Å². The Morgan fingerprint density at radius 1 is 1.34 bits per heavy atom. The van der Waals surface area contributed by atoms with Crippen LogP contribution in [0.4, 0.5) is 10.3 Å². The largest absolute Gasteiger partial charge is 0.475 e. The zero-order chi connectivity index (χ0) is 24.9. The molecule has 3 aromatic rings. The number of rotatable bonds is 5. The molecule has 0 radical (unpaired) electrons. The van der Waals surface area contributed by atoms with Gasteiger partial charge in [0.25, 0.3) is 5.56 Å². The number of nitrogens with two attached hydrogens (primary N) is 1. The number of phosphoric ester groups is 1. The number of anilines is 1. The normalized spacial score (nSPS) is 31.3. The molecule has 2 aliphatic heterocycles. The van der Waals surface area contributed by atoms with Crippen LogP contribution < -0.4 is 11.3 Å². The molecule has 188 valence electrons. The number of aromatic amines is 1. The van der Waals surface area contributed by atoms with Gasteiger partial charge in [-0.3, -0.25) is 23.3 Å². The Bertz CT molecular complexity index is 1370. The van der Waals surface area contributed by atoms with Crippen molar-refractivity contribution >= 4 is 40.7 Å². The van der Waals surface area contributed by atoms with E-state index in [1.165, 1.54) is 35.0 Å². The lowest BCUT2D eigenvalue weighted by atomic mass is 10.1. The third-order valence-electron chi connectivity index (χ3n) is 5.81. The van der Waals surface area contributed by atoms with Crippen LogP contribution >= 0.6 is 23.8 Å². The number of nitrogens with zero attached hydrogens (tertiary/aromatic N) is 2. The van der Waals surface area contributed by atoms with Gasteiger partial charge >= 0.3 is 7.82 Å². The van der Waals surface area contributed by atoms with Gasteiger partial charge in [0.15, 0.2) is 11.9 Å². The Hall–Kier alpha value is -2.16. The van der Waals surface area contributed by atoms with E-state index in [0.717, 1.165) is 0 Å². The van der Waals surface area contributed by atoms with Crippen molar-refractivity contribution in [3.63, 3.8) is 0 Å². The quantitative estimate of drug-likeness (QED) is 0.331. The molecule has 0 saturated carbocycles. The molecule has 15 heteroatoms. The van der Waals surface area contributed by atoms with Crippen molar-refractivity contribution in [2.75, 3.05) is 18.9 Å². The van der Waals surface area contributed by atoms with Crippen molar-refractivity contribution in [3.8, 4) is 0 Å². The Morgan fingerprint density at radius 2 is 2.14 bits per heavy atom. The average molecular weight is 575 g/mol. The molecule has 5 N–H and O–H groups in total. The molecule has 12 nitrogen and oxygen atoms in total. The maximum atomic E-state index is 13.6. The van der Waals surface area contributed by atoms with Crippen LogP contribution in [0.5, 0.6) is 0 Å². The van der Waals surface area contributed by atoms with Crippen LogP contribution in [0.3, 0.4) is 0 Å². The summed E-state index contributed by atoms with van der Waals surface area (Å²) < 4.78 is 50.2. The maximum Gasteiger partial charge on any atom is 0.475 e. The molecular weight excluding hydrogens is 554 g/mol. The number of nitrogens with one attached hydrogen (secondary N) is 1. The molecule has 1 aromatic carbocycles. The molecule has 0 amide bonds. The molecule has 2 fully saturated rings. The van der Waals surface area contributed by atoms with Crippen LogP contribution in [0.15, 0.2) is 39.7 Å². The molecule has 5 rings (SSSR count). The summed E-state index contributed by atoms with van der Waals surface area (Å²) in [4.78, 5) is 18.5. The first-order valence-corrected chi connectivity index (χ1v) is 12.8. The number of benzene rings is 1. The van der Waals surface area contributed by atoms with Crippen LogP contribution in [-0.2, 0) is 22.9 Å². The fourth-order valence-corrected chi connectivity index (χ4v) is 5.84. The first-order chi connectivity index (χ1) is 16.6. The number of aliphatic hydroxyl groups is 2. The van der Waals surface area contributed by atoms with Gasteiger partial charge in [-0.15, -0.1) is 0 Å². The van der Waals surface area contributed by atoms with Gasteiger partial charge in [0.2, 0.25) is 5.95 Å². The molecule has 2 aromatic heterocycles. The van der Waals surface area contributed by atoms with Crippen LogP contribution in [0.25, 0.3) is 11.0 Å². The van der Waals surface area contributed by atoms with Gasteiger partial charge in [-0.2, -0.15) is 4.98 Å². The number of hydrogen-bond donors (Lipinski definition) is 4. The zero-order valence-corrected chi connectivity index (χ0v) is 20.4. The molecule has 2 saturated heterocycles. The Kier molecular flexibility index (Phi) is 6.57. The molecule has 4 heterocycles. The van der Waals surface area contributed by atoms with Crippen molar-refractivity contribution in [3.05, 3.63) is 56.7 Å². The lowest BCUT2D eigenvalue weighted by Gasteiger charge is -2.30. The Labute approximate surface area is 205 Å². The summed E-state index contributed by atoms with van der Waals surface area (Å²) in [6.45, 7) is -0.367. The predicted octanol–water partition coefficient (Wildman–Crippen LogP) is 2.13. The van der Waals surface area contributed by atoms with Crippen LogP contribution in [-0.4, -0.2) is 56.3 Å². The molecule has 0 bridgehead atoms. The molecular formula is C20H21BrFN4O8P. The van der Waals surface area contributed by atoms with Crippen LogP contribution in [0, 0.1) is 5.82 Å². The molecule has 0 aliphatic carbocycles. The van der Waals surface area contributed by atoms with Crippen molar-refractivity contribution in [2.24, 2.45) is 0 Å². The standard InChI is InChI=1S/C20H21BrFN4O8P/c21-11-7-9(1-2-12(11)22)13-4-6-31-35(30,34-13)32-8-14-15(27)16(28)19(33-14)26-5-3-10-17(26)24-20(23)25-18(10)29/h1-3,5,7,13-16,19,27-28H,4,6,8H2,(H3,23,24,25,29)/t13-,14+,15+,16+,19+,35?/m0/s1. The van der Waals surface area contributed by atoms with Crippen molar-refractivity contribution in [1.29, 1.82) is 0 Å². The number of phosphoric acid groups is 1. The second-order valence-corrected chi connectivity index (χ2v) is 10.6. The maximum absolute atomic E-state index is 13.6. The monoisotopic (exact) mass is 574 g/mol. The van der Waals surface area contributed by atoms with E-state index in [9.17, 15) is 24.0 Å². The van der Waals surface area contributed by atoms with Gasteiger partial charge in [-0.25, -0.2) is 8.96 Å². The van der Waals surface area contributed by atoms with Crippen LogP contribution in [0.2, 0.25) is 0 Å². The highest BCUT2D eigenvalue weighted by atomic mass is 79.9. The summed E-state index contributed by atoms with van der Waals surface area (Å²) in [6.07, 6.45) is -3.90. The fourth-order valence-electron chi connectivity index (χ4n) is 4.05. The van der Waals surface area contributed by atoms with E-state index in [1.807, 2.05) is 0 Å². The van der Waals surface area contributed by atoms with Crippen molar-refractivity contribution in [1.82, 2.24) is 14.5 Å². The zero-order valence-electron chi connectivity index (χ0n) is 17.9. The van der Waals surface area contributed by atoms with Gasteiger partial charge < -0.3 is 25.3 Å². The van der Waals surface area contributed by atoms with Crippen LogP contribution in [0.1, 0.15) is 24.3 Å². The second kappa shape index (κ2) is 9.37. The number of aliphatic hydroxyl groups excluding tert-OH is 2. The summed E-state index contributed by atoms with van der Waals surface area (Å²) in [6, 6.07) is 5.77. The van der Waals surface area contributed by atoms with E-state index < -0.39 is 56.4 Å². The minimum atomic E-state index is -4.06. The highest BCUT2D eigenvalue weighted by Crippen LogP contribution is 2.57. The number of hydrogen-bond acceptors (Lipinski definition) is 10. The minimum absolute atomic E-state index is 0.0628. The first-order valence-electron chi connectivity index (χ1n) is 10.6. The van der Waals surface area contributed by atoms with E-state index in [4.69, 9.17) is 24.0 Å². The Balaban J connectivity index is 1.29. The van der Waals surface area contributed by atoms with Gasteiger partial charge in [0, 0.05) is 12.6 Å². The highest BCUT2D eigenvalue weighted by Gasteiger charge is 2.46. The smallest absolute Gasteiger partial charge is 0.387 e. The van der Waals surface area contributed by atoms with Gasteiger partial charge in [0.1, 0.15) is 24.1 Å². The summed E-state index contributed by atoms with van der Waals surface area (Å²) in [5.41, 5.74) is 5.89. The first kappa shape index (κ1) is 24.5. The molecule has 0 spiro atoms. The van der Waals surface area contributed by atoms with Gasteiger partial charge in [-0.05, 0) is 39.7 Å². The number of H-pyrrole nitrogens is 1. The van der Waals surface area contributed by atoms with Gasteiger partial charge in [0.05, 0.1) is 29.2 Å². The highest BCUT2D eigenvalue weighted by molar-refractivity contribution is 9.10. The lowest BCUT2D eigenvalue weighted by Crippen LogP contribution is -2.34. The summed E-state index contributed by atoms with van der Waals surface area (Å²) in [5, 5.41) is 21.3. The summed E-state index contributed by atoms with van der Waals surface area (Å²) in [7, 11) is -4.06. The third-order valence-corrected chi connectivity index (χ3v) is 7.89. The second-order valence-electron chi connectivity index (χ2n) is 8.09. The predicted molar refractivity (Wildman–Crippen MR) is 123 cm³/mol. The fraction of sp³-hybridized carbons (Fsp3) is 0.400. The summed E-state index contributed by atoms with van der Waals surface area (Å²) in [5.74, 6) is -0.568.